The Labute approximate surface area is 112 Å². The van der Waals surface area contributed by atoms with Crippen molar-refractivity contribution in [2.45, 2.75) is 39.3 Å². The van der Waals surface area contributed by atoms with Crippen LogP contribution in [0.1, 0.15) is 36.9 Å². The van der Waals surface area contributed by atoms with Crippen molar-refractivity contribution in [3.05, 3.63) is 35.6 Å². The molecule has 0 fully saturated rings. The number of benzene rings is 1. The number of hydrogen-bond acceptors (Lipinski definition) is 3. The number of aliphatic hydroxyl groups is 1. The van der Waals surface area contributed by atoms with Crippen LogP contribution in [0, 0.1) is 6.92 Å². The van der Waals surface area contributed by atoms with E-state index in [1.807, 2.05) is 25.1 Å². The molecule has 1 aromatic heterocycles. The van der Waals surface area contributed by atoms with Crippen LogP contribution in [0.2, 0.25) is 0 Å². The number of carbonyl (C=O) groups is 1. The average Bonchev–Trinajstić information content (AvgIpc) is 2.71. The molecule has 0 saturated heterocycles. The second-order valence-corrected chi connectivity index (χ2v) is 5.50. The van der Waals surface area contributed by atoms with Gasteiger partial charge in [-0.1, -0.05) is 11.6 Å². The van der Waals surface area contributed by atoms with E-state index in [0.29, 0.717) is 5.58 Å². The van der Waals surface area contributed by atoms with Crippen LogP contribution in [0.4, 0.5) is 0 Å². The molecular weight excluding hydrogens is 242 g/mol. The molecule has 19 heavy (non-hydrogen) atoms. The highest BCUT2D eigenvalue weighted by atomic mass is 16.3. The van der Waals surface area contributed by atoms with Gasteiger partial charge in [0.05, 0.1) is 11.6 Å². The summed E-state index contributed by atoms with van der Waals surface area (Å²) in [6, 6.07) is 7.47. The van der Waals surface area contributed by atoms with Crippen LogP contribution in [0.3, 0.4) is 0 Å². The van der Waals surface area contributed by atoms with Gasteiger partial charge in [-0.3, -0.25) is 4.79 Å². The van der Waals surface area contributed by atoms with Crippen LogP contribution >= 0.6 is 0 Å². The minimum absolute atomic E-state index is 0.259. The van der Waals surface area contributed by atoms with E-state index in [0.717, 1.165) is 10.9 Å². The number of nitrogens with one attached hydrogen (secondary N) is 1. The van der Waals surface area contributed by atoms with Crippen molar-refractivity contribution in [1.82, 2.24) is 5.32 Å². The predicted molar refractivity (Wildman–Crippen MR) is 74.2 cm³/mol. The van der Waals surface area contributed by atoms with Crippen molar-refractivity contribution in [2.24, 2.45) is 0 Å². The molecule has 0 radical (unpaired) electrons. The first kappa shape index (κ1) is 13.6. The van der Waals surface area contributed by atoms with Gasteiger partial charge in [0.1, 0.15) is 5.58 Å². The molecule has 2 aromatic rings. The Morgan fingerprint density at radius 3 is 2.68 bits per heavy atom. The fourth-order valence-corrected chi connectivity index (χ4v) is 1.73. The smallest absolute Gasteiger partial charge is 0.287 e. The van der Waals surface area contributed by atoms with Crippen molar-refractivity contribution in [1.29, 1.82) is 0 Å². The molecule has 2 rings (SSSR count). The predicted octanol–water partition coefficient (Wildman–Crippen LogP) is 2.63. The molecule has 1 heterocycles. The summed E-state index contributed by atoms with van der Waals surface area (Å²) in [4.78, 5) is 12.1. The second-order valence-electron chi connectivity index (χ2n) is 5.50. The molecule has 0 saturated carbocycles. The lowest BCUT2D eigenvalue weighted by molar-refractivity contribution is 0.0689. The highest BCUT2D eigenvalue weighted by Crippen LogP contribution is 2.21. The van der Waals surface area contributed by atoms with Gasteiger partial charge in [0.2, 0.25) is 0 Å². The van der Waals surface area contributed by atoms with Crippen LogP contribution in [0.15, 0.2) is 28.7 Å². The monoisotopic (exact) mass is 261 g/mol. The summed E-state index contributed by atoms with van der Waals surface area (Å²) < 4.78 is 5.52. The molecule has 1 atom stereocenters. The van der Waals surface area contributed by atoms with E-state index in [-0.39, 0.29) is 11.7 Å². The zero-order valence-corrected chi connectivity index (χ0v) is 11.7. The number of aliphatic hydroxyl groups excluding tert-OH is 1. The SMILES string of the molecule is Cc1ccc2oc(C(=O)NC(C)(C)C(C)O)cc2c1. The fraction of sp³-hybridized carbons (Fsp3) is 0.400. The Morgan fingerprint density at radius 2 is 2.05 bits per heavy atom. The Hall–Kier alpha value is -1.81. The summed E-state index contributed by atoms with van der Waals surface area (Å²) >= 11 is 0. The molecule has 4 heteroatoms. The third-order valence-electron chi connectivity index (χ3n) is 3.38. The van der Waals surface area contributed by atoms with Gasteiger partial charge in [-0.15, -0.1) is 0 Å². The van der Waals surface area contributed by atoms with Crippen LogP contribution < -0.4 is 5.32 Å². The first-order valence-electron chi connectivity index (χ1n) is 6.30. The van der Waals surface area contributed by atoms with Gasteiger partial charge < -0.3 is 14.8 Å². The average molecular weight is 261 g/mol. The topological polar surface area (TPSA) is 62.5 Å². The molecule has 2 N–H and O–H groups in total. The first-order valence-corrected chi connectivity index (χ1v) is 6.30. The molecule has 4 nitrogen and oxygen atoms in total. The number of rotatable bonds is 3. The molecule has 0 aliphatic carbocycles. The van der Waals surface area contributed by atoms with Crippen molar-refractivity contribution in [3.63, 3.8) is 0 Å². The van der Waals surface area contributed by atoms with Gasteiger partial charge in [0.15, 0.2) is 5.76 Å². The fourth-order valence-electron chi connectivity index (χ4n) is 1.73. The number of fused-ring (bicyclic) bond motifs is 1. The van der Waals surface area contributed by atoms with Crippen molar-refractivity contribution >= 4 is 16.9 Å². The Morgan fingerprint density at radius 1 is 1.37 bits per heavy atom. The summed E-state index contributed by atoms with van der Waals surface area (Å²) in [5.41, 5.74) is 1.10. The highest BCUT2D eigenvalue weighted by molar-refractivity contribution is 5.96. The lowest BCUT2D eigenvalue weighted by Crippen LogP contribution is -2.50. The summed E-state index contributed by atoms with van der Waals surface area (Å²) in [5, 5.41) is 13.3. The molecule has 1 amide bonds. The van der Waals surface area contributed by atoms with Crippen LogP contribution in [0.5, 0.6) is 0 Å². The number of amides is 1. The van der Waals surface area contributed by atoms with Gasteiger partial charge in [-0.2, -0.15) is 0 Å². The summed E-state index contributed by atoms with van der Waals surface area (Å²) in [6.07, 6.45) is -0.650. The maximum absolute atomic E-state index is 12.1. The Balaban J connectivity index is 2.27. The Bertz CT molecular complexity index is 611. The molecule has 0 aliphatic rings. The number of hydrogen-bond donors (Lipinski definition) is 2. The second kappa shape index (κ2) is 4.70. The van der Waals surface area contributed by atoms with Crippen molar-refractivity contribution in [2.75, 3.05) is 0 Å². The first-order chi connectivity index (χ1) is 8.79. The van der Waals surface area contributed by atoms with Gasteiger partial charge in [-0.05, 0) is 45.9 Å². The number of aryl methyl sites for hydroxylation is 1. The van der Waals surface area contributed by atoms with E-state index in [1.165, 1.54) is 0 Å². The van der Waals surface area contributed by atoms with Gasteiger partial charge in [0, 0.05) is 5.39 Å². The van der Waals surface area contributed by atoms with E-state index < -0.39 is 11.6 Å². The van der Waals surface area contributed by atoms with E-state index in [1.54, 1.807) is 26.8 Å². The van der Waals surface area contributed by atoms with Gasteiger partial charge >= 0.3 is 0 Å². The van der Waals surface area contributed by atoms with E-state index in [4.69, 9.17) is 4.42 Å². The summed E-state index contributed by atoms with van der Waals surface area (Å²) in [7, 11) is 0. The molecular formula is C15H19NO3. The number of furan rings is 1. The van der Waals surface area contributed by atoms with Crippen molar-refractivity contribution < 1.29 is 14.3 Å². The van der Waals surface area contributed by atoms with Crippen LogP contribution in [-0.4, -0.2) is 22.7 Å². The maximum atomic E-state index is 12.1. The van der Waals surface area contributed by atoms with Crippen LogP contribution in [0.25, 0.3) is 11.0 Å². The largest absolute Gasteiger partial charge is 0.451 e. The molecule has 1 unspecified atom stereocenters. The minimum atomic E-state index is -0.702. The normalized spacial score (nSPS) is 13.5. The van der Waals surface area contributed by atoms with E-state index in [2.05, 4.69) is 5.32 Å². The van der Waals surface area contributed by atoms with Gasteiger partial charge in [-0.25, -0.2) is 0 Å². The van der Waals surface area contributed by atoms with Gasteiger partial charge in [0.25, 0.3) is 5.91 Å². The Kier molecular flexibility index (Phi) is 3.37. The van der Waals surface area contributed by atoms with E-state index >= 15 is 0 Å². The third kappa shape index (κ3) is 2.79. The zero-order chi connectivity index (χ0) is 14.2. The maximum Gasteiger partial charge on any atom is 0.287 e. The summed E-state index contributed by atoms with van der Waals surface area (Å²) in [6.45, 7) is 7.16. The van der Waals surface area contributed by atoms with Crippen LogP contribution in [-0.2, 0) is 0 Å². The standard InChI is InChI=1S/C15H19NO3/c1-9-5-6-12-11(7-9)8-13(19-12)14(18)16-15(3,4)10(2)17/h5-8,10,17H,1-4H3,(H,16,18). The molecule has 102 valence electrons. The lowest BCUT2D eigenvalue weighted by Gasteiger charge is -2.28. The zero-order valence-electron chi connectivity index (χ0n) is 11.7. The quantitative estimate of drug-likeness (QED) is 0.892. The minimum Gasteiger partial charge on any atom is -0.451 e. The molecule has 0 aliphatic heterocycles. The lowest BCUT2D eigenvalue weighted by atomic mass is 9.99. The number of carbonyl (C=O) groups excluding carboxylic acids is 1. The summed E-state index contributed by atoms with van der Waals surface area (Å²) in [5.74, 6) is -0.0610. The molecule has 0 spiro atoms. The highest BCUT2D eigenvalue weighted by Gasteiger charge is 2.27. The van der Waals surface area contributed by atoms with E-state index in [9.17, 15) is 9.90 Å². The molecule has 1 aromatic carbocycles. The van der Waals surface area contributed by atoms with Crippen molar-refractivity contribution in [3.8, 4) is 0 Å². The third-order valence-corrected chi connectivity index (χ3v) is 3.38. The molecule has 0 bridgehead atoms.